The molecule has 1 aromatic rings. The molecule has 0 bridgehead atoms. The van der Waals surface area contributed by atoms with Gasteiger partial charge in [0.25, 0.3) is 0 Å². The van der Waals surface area contributed by atoms with E-state index in [-0.39, 0.29) is 38.6 Å². The normalized spacial score (nSPS) is 17.3. The Kier molecular flexibility index (Phi) is 6.87. The van der Waals surface area contributed by atoms with Crippen molar-refractivity contribution in [3.8, 4) is 0 Å². The molecular formula is C17H24F3N3O3S. The first kappa shape index (κ1) is 21.6. The fourth-order valence-corrected chi connectivity index (χ4v) is 4.40. The second kappa shape index (κ2) is 8.57. The summed E-state index contributed by atoms with van der Waals surface area (Å²) in [6.45, 7) is 5.27. The molecule has 1 heterocycles. The van der Waals surface area contributed by atoms with Crippen LogP contribution in [0, 0.1) is 5.92 Å². The van der Waals surface area contributed by atoms with Crippen LogP contribution in [-0.4, -0.2) is 62.8 Å². The molecule has 0 aromatic heterocycles. The van der Waals surface area contributed by atoms with Gasteiger partial charge in [-0.25, -0.2) is 8.42 Å². The summed E-state index contributed by atoms with van der Waals surface area (Å²) in [5, 5.41) is 2.78. The van der Waals surface area contributed by atoms with Crippen molar-refractivity contribution < 1.29 is 26.4 Å². The lowest BCUT2D eigenvalue weighted by Crippen LogP contribution is -2.51. The highest BCUT2D eigenvalue weighted by molar-refractivity contribution is 7.89. The van der Waals surface area contributed by atoms with Gasteiger partial charge in [-0.1, -0.05) is 26.0 Å². The van der Waals surface area contributed by atoms with Crippen LogP contribution in [0.3, 0.4) is 0 Å². The summed E-state index contributed by atoms with van der Waals surface area (Å²) in [4.78, 5) is 12.9. The van der Waals surface area contributed by atoms with Crippen LogP contribution in [-0.2, 0) is 21.0 Å². The minimum Gasteiger partial charge on any atom is -0.355 e. The zero-order valence-corrected chi connectivity index (χ0v) is 16.1. The predicted octanol–water partition coefficient (Wildman–Crippen LogP) is 1.78. The van der Waals surface area contributed by atoms with Gasteiger partial charge < -0.3 is 5.32 Å². The van der Waals surface area contributed by atoms with Crippen molar-refractivity contribution in [2.24, 2.45) is 5.92 Å². The van der Waals surface area contributed by atoms with E-state index < -0.39 is 26.7 Å². The number of piperazine rings is 1. The van der Waals surface area contributed by atoms with Crippen LogP contribution >= 0.6 is 0 Å². The van der Waals surface area contributed by atoms with Crippen LogP contribution in [0.5, 0.6) is 0 Å². The van der Waals surface area contributed by atoms with Crippen LogP contribution in [0.2, 0.25) is 0 Å². The highest BCUT2D eigenvalue weighted by Gasteiger charge is 2.39. The van der Waals surface area contributed by atoms with Gasteiger partial charge in [0.2, 0.25) is 15.9 Å². The summed E-state index contributed by atoms with van der Waals surface area (Å²) in [5.74, 6) is 0.173. The van der Waals surface area contributed by atoms with Crippen molar-refractivity contribution in [3.63, 3.8) is 0 Å². The van der Waals surface area contributed by atoms with Crippen molar-refractivity contribution in [3.05, 3.63) is 29.8 Å². The van der Waals surface area contributed by atoms with Gasteiger partial charge in [0.05, 0.1) is 17.0 Å². The molecule has 0 radical (unpaired) electrons. The van der Waals surface area contributed by atoms with E-state index in [1.807, 2.05) is 13.8 Å². The minimum absolute atomic E-state index is 0.0337. The van der Waals surface area contributed by atoms with Gasteiger partial charge >= 0.3 is 6.18 Å². The lowest BCUT2D eigenvalue weighted by Gasteiger charge is -2.34. The SMILES string of the molecule is CC(C)CNC(=O)CN1CCN(S(=O)(=O)c2ccccc2C(F)(F)F)CC1. The van der Waals surface area contributed by atoms with E-state index in [1.54, 1.807) is 4.90 Å². The number of sulfonamides is 1. The van der Waals surface area contributed by atoms with Crippen molar-refractivity contribution in [1.82, 2.24) is 14.5 Å². The molecule has 0 spiro atoms. The van der Waals surface area contributed by atoms with E-state index in [4.69, 9.17) is 0 Å². The van der Waals surface area contributed by atoms with Crippen molar-refractivity contribution in [2.75, 3.05) is 39.3 Å². The van der Waals surface area contributed by atoms with Crippen LogP contribution in [0.25, 0.3) is 0 Å². The second-order valence-corrected chi connectivity index (χ2v) is 8.78. The van der Waals surface area contributed by atoms with E-state index in [9.17, 15) is 26.4 Å². The molecule has 0 saturated carbocycles. The Balaban J connectivity index is 2.03. The van der Waals surface area contributed by atoms with Crippen LogP contribution in [0.4, 0.5) is 13.2 Å². The summed E-state index contributed by atoms with van der Waals surface area (Å²) in [5.41, 5.74) is -1.17. The van der Waals surface area contributed by atoms with E-state index in [0.717, 1.165) is 22.5 Å². The Morgan fingerprint density at radius 2 is 1.74 bits per heavy atom. The molecule has 152 valence electrons. The number of halogens is 3. The number of hydrogen-bond acceptors (Lipinski definition) is 4. The quantitative estimate of drug-likeness (QED) is 0.781. The lowest BCUT2D eigenvalue weighted by atomic mass is 10.2. The van der Waals surface area contributed by atoms with Crippen LogP contribution in [0.15, 0.2) is 29.2 Å². The molecule has 27 heavy (non-hydrogen) atoms. The highest BCUT2D eigenvalue weighted by Crippen LogP contribution is 2.35. The molecule has 1 saturated heterocycles. The fourth-order valence-electron chi connectivity index (χ4n) is 2.77. The molecule has 1 aliphatic heterocycles. The number of carbonyl (C=O) groups is 1. The Morgan fingerprint density at radius 3 is 2.30 bits per heavy atom. The Hall–Kier alpha value is -1.65. The first-order valence-corrected chi connectivity index (χ1v) is 10.1. The Morgan fingerprint density at radius 1 is 1.15 bits per heavy atom. The molecule has 1 fully saturated rings. The van der Waals surface area contributed by atoms with Gasteiger partial charge in [0.15, 0.2) is 0 Å². The molecule has 2 rings (SSSR count). The number of hydrogen-bond donors (Lipinski definition) is 1. The van der Waals surface area contributed by atoms with E-state index in [2.05, 4.69) is 5.32 Å². The molecule has 0 unspecified atom stereocenters. The van der Waals surface area contributed by atoms with Gasteiger partial charge in [-0.05, 0) is 18.1 Å². The average Bonchev–Trinajstić information content (AvgIpc) is 2.60. The molecule has 0 atom stereocenters. The van der Waals surface area contributed by atoms with Gasteiger partial charge in [-0.15, -0.1) is 0 Å². The number of alkyl halides is 3. The third-order valence-electron chi connectivity index (χ3n) is 4.22. The molecular weight excluding hydrogens is 383 g/mol. The molecule has 1 amide bonds. The average molecular weight is 407 g/mol. The summed E-state index contributed by atoms with van der Waals surface area (Å²) in [6, 6.07) is 4.18. The zero-order valence-electron chi connectivity index (χ0n) is 15.3. The molecule has 6 nitrogen and oxygen atoms in total. The minimum atomic E-state index is -4.75. The van der Waals surface area contributed by atoms with Gasteiger partial charge in [0.1, 0.15) is 0 Å². The van der Waals surface area contributed by atoms with Crippen molar-refractivity contribution >= 4 is 15.9 Å². The first-order valence-electron chi connectivity index (χ1n) is 8.67. The number of nitrogens with one attached hydrogen (secondary N) is 1. The predicted molar refractivity (Wildman–Crippen MR) is 94.5 cm³/mol. The van der Waals surface area contributed by atoms with E-state index in [1.165, 1.54) is 6.07 Å². The molecule has 1 aliphatic rings. The Labute approximate surface area is 157 Å². The van der Waals surface area contributed by atoms with E-state index in [0.29, 0.717) is 12.5 Å². The van der Waals surface area contributed by atoms with E-state index >= 15 is 0 Å². The smallest absolute Gasteiger partial charge is 0.355 e. The Bertz CT molecular complexity index is 758. The molecule has 1 aromatic carbocycles. The van der Waals surface area contributed by atoms with Crippen molar-refractivity contribution in [2.45, 2.75) is 24.9 Å². The number of carbonyl (C=O) groups excluding carboxylic acids is 1. The fraction of sp³-hybridized carbons (Fsp3) is 0.588. The second-order valence-electron chi connectivity index (χ2n) is 6.87. The number of nitrogens with zero attached hydrogens (tertiary/aromatic N) is 2. The van der Waals surface area contributed by atoms with Crippen LogP contribution < -0.4 is 5.32 Å². The monoisotopic (exact) mass is 407 g/mol. The molecule has 1 N–H and O–H groups in total. The zero-order chi connectivity index (χ0) is 20.2. The summed E-state index contributed by atoms with van der Waals surface area (Å²) < 4.78 is 65.9. The lowest BCUT2D eigenvalue weighted by molar-refractivity contribution is -0.140. The molecule has 10 heteroatoms. The third kappa shape index (κ3) is 5.66. The van der Waals surface area contributed by atoms with Crippen molar-refractivity contribution in [1.29, 1.82) is 0 Å². The van der Waals surface area contributed by atoms with Gasteiger partial charge in [-0.3, -0.25) is 9.69 Å². The third-order valence-corrected chi connectivity index (χ3v) is 6.17. The van der Waals surface area contributed by atoms with Crippen LogP contribution in [0.1, 0.15) is 19.4 Å². The highest BCUT2D eigenvalue weighted by atomic mass is 32.2. The van der Waals surface area contributed by atoms with Gasteiger partial charge in [0, 0.05) is 32.7 Å². The standard InChI is InChI=1S/C17H24F3N3O3S/c1-13(2)11-21-16(24)12-22-7-9-23(10-8-22)27(25,26)15-6-4-3-5-14(15)17(18,19)20/h3-6,13H,7-12H2,1-2H3,(H,21,24). The summed E-state index contributed by atoms with van der Waals surface area (Å²) in [6.07, 6.45) is -4.75. The topological polar surface area (TPSA) is 69.7 Å². The maximum absolute atomic E-state index is 13.1. The summed E-state index contributed by atoms with van der Waals surface area (Å²) >= 11 is 0. The number of rotatable bonds is 6. The largest absolute Gasteiger partial charge is 0.417 e. The maximum Gasteiger partial charge on any atom is 0.417 e. The first-order chi connectivity index (χ1) is 12.5. The molecule has 0 aliphatic carbocycles. The number of benzene rings is 1. The maximum atomic E-state index is 13.1. The summed E-state index contributed by atoms with van der Waals surface area (Å²) in [7, 11) is -4.26. The number of amides is 1. The van der Waals surface area contributed by atoms with Gasteiger partial charge in [-0.2, -0.15) is 17.5 Å².